The fourth-order valence-electron chi connectivity index (χ4n) is 2.82. The number of nitrogens with one attached hydrogen (secondary N) is 1. The summed E-state index contributed by atoms with van der Waals surface area (Å²) in [4.78, 5) is 35.6. The van der Waals surface area contributed by atoms with E-state index in [2.05, 4.69) is 9.97 Å². The molecule has 0 saturated carbocycles. The van der Waals surface area contributed by atoms with Gasteiger partial charge in [0.15, 0.2) is 0 Å². The Kier molecular flexibility index (Phi) is 4.74. The van der Waals surface area contributed by atoms with Gasteiger partial charge >= 0.3 is 0 Å². The number of rotatable bonds is 3. The van der Waals surface area contributed by atoms with Crippen LogP contribution in [0.1, 0.15) is 21.6 Å². The predicted octanol–water partition coefficient (Wildman–Crippen LogP) is 1.36. The number of hydrogen-bond acceptors (Lipinski definition) is 5. The number of piperazine rings is 1. The van der Waals surface area contributed by atoms with E-state index in [9.17, 15) is 9.59 Å². The van der Waals surface area contributed by atoms with Crippen LogP contribution in [0, 0.1) is 13.8 Å². The first-order valence-corrected chi connectivity index (χ1v) is 8.25. The van der Waals surface area contributed by atoms with E-state index in [1.54, 1.807) is 38.3 Å². The molecule has 25 heavy (non-hydrogen) atoms. The molecular weight excluding hydrogens is 320 g/mol. The number of aromatic nitrogens is 2. The lowest BCUT2D eigenvalue weighted by atomic mass is 10.1. The maximum atomic E-state index is 12.6. The fourth-order valence-corrected chi connectivity index (χ4v) is 2.82. The molecule has 1 aromatic heterocycles. The first-order valence-electron chi connectivity index (χ1n) is 8.25. The van der Waals surface area contributed by atoms with Crippen molar-refractivity contribution in [1.29, 1.82) is 0 Å². The average Bonchev–Trinajstić information content (AvgIpc) is 2.65. The quantitative estimate of drug-likeness (QED) is 0.911. The number of amides is 1. The summed E-state index contributed by atoms with van der Waals surface area (Å²) < 4.78 is 5.12. The van der Waals surface area contributed by atoms with Gasteiger partial charge in [-0.3, -0.25) is 14.6 Å². The average molecular weight is 342 g/mol. The predicted molar refractivity (Wildman–Crippen MR) is 95.4 cm³/mol. The number of carbonyl (C=O) groups excluding carboxylic acids is 1. The molecule has 0 bridgehead atoms. The van der Waals surface area contributed by atoms with Crippen LogP contribution in [-0.2, 0) is 0 Å². The summed E-state index contributed by atoms with van der Waals surface area (Å²) in [6.45, 7) is 6.03. The summed E-state index contributed by atoms with van der Waals surface area (Å²) in [5.74, 6) is 1.31. The van der Waals surface area contributed by atoms with E-state index in [1.807, 2.05) is 16.7 Å². The zero-order chi connectivity index (χ0) is 18.0. The number of ether oxygens (including phenoxy) is 1. The second-order valence-electron chi connectivity index (χ2n) is 6.11. The monoisotopic (exact) mass is 342 g/mol. The van der Waals surface area contributed by atoms with E-state index >= 15 is 0 Å². The van der Waals surface area contributed by atoms with Crippen LogP contribution in [0.5, 0.6) is 5.75 Å². The summed E-state index contributed by atoms with van der Waals surface area (Å²) >= 11 is 0. The SMILES string of the molecule is COc1ccc(C(=O)N2CCN(c3nc(C)c(C)c(=O)[nH]3)CC2)cc1. The number of methoxy groups -OCH3 is 1. The Morgan fingerprint density at radius 3 is 2.32 bits per heavy atom. The third-order valence-electron chi connectivity index (χ3n) is 4.59. The number of H-pyrrole nitrogens is 1. The minimum Gasteiger partial charge on any atom is -0.497 e. The normalized spacial score (nSPS) is 14.5. The van der Waals surface area contributed by atoms with Crippen molar-refractivity contribution >= 4 is 11.9 Å². The number of aromatic amines is 1. The summed E-state index contributed by atoms with van der Waals surface area (Å²) in [6, 6.07) is 7.12. The smallest absolute Gasteiger partial charge is 0.255 e. The van der Waals surface area contributed by atoms with Crippen molar-refractivity contribution in [2.75, 3.05) is 38.2 Å². The Labute approximate surface area is 146 Å². The molecule has 0 radical (unpaired) electrons. The molecule has 0 unspecified atom stereocenters. The lowest BCUT2D eigenvalue weighted by Gasteiger charge is -2.35. The lowest BCUT2D eigenvalue weighted by molar-refractivity contribution is 0.0746. The number of carbonyl (C=O) groups is 1. The van der Waals surface area contributed by atoms with Crippen molar-refractivity contribution in [1.82, 2.24) is 14.9 Å². The van der Waals surface area contributed by atoms with Crippen LogP contribution in [0.2, 0.25) is 0 Å². The molecule has 1 fully saturated rings. The molecule has 132 valence electrons. The van der Waals surface area contributed by atoms with Gasteiger partial charge in [0.2, 0.25) is 5.95 Å². The van der Waals surface area contributed by atoms with Crippen LogP contribution in [0.25, 0.3) is 0 Å². The summed E-state index contributed by atoms with van der Waals surface area (Å²) in [5, 5.41) is 0. The minimum absolute atomic E-state index is 0.00356. The van der Waals surface area contributed by atoms with Gasteiger partial charge in [0, 0.05) is 43.0 Å². The first kappa shape index (κ1) is 17.0. The molecule has 1 aliphatic rings. The molecule has 1 saturated heterocycles. The second kappa shape index (κ2) is 6.96. The van der Waals surface area contributed by atoms with Crippen LogP contribution in [-0.4, -0.2) is 54.1 Å². The Morgan fingerprint density at radius 1 is 1.12 bits per heavy atom. The van der Waals surface area contributed by atoms with E-state index < -0.39 is 0 Å². The maximum absolute atomic E-state index is 12.6. The van der Waals surface area contributed by atoms with Crippen molar-refractivity contribution < 1.29 is 9.53 Å². The highest BCUT2D eigenvalue weighted by Gasteiger charge is 2.23. The van der Waals surface area contributed by atoms with Crippen molar-refractivity contribution in [3.8, 4) is 5.75 Å². The van der Waals surface area contributed by atoms with Crippen molar-refractivity contribution in [3.63, 3.8) is 0 Å². The molecule has 7 nitrogen and oxygen atoms in total. The third kappa shape index (κ3) is 3.50. The minimum atomic E-state index is -0.112. The highest BCUT2D eigenvalue weighted by atomic mass is 16.5. The second-order valence-corrected chi connectivity index (χ2v) is 6.11. The van der Waals surface area contributed by atoms with Gasteiger partial charge in [-0.1, -0.05) is 0 Å². The molecule has 2 heterocycles. The van der Waals surface area contributed by atoms with Crippen molar-refractivity contribution in [2.24, 2.45) is 0 Å². The zero-order valence-corrected chi connectivity index (χ0v) is 14.7. The van der Waals surface area contributed by atoms with E-state index in [0.717, 1.165) is 11.4 Å². The summed E-state index contributed by atoms with van der Waals surface area (Å²) in [6.07, 6.45) is 0. The molecule has 1 aromatic carbocycles. The van der Waals surface area contributed by atoms with E-state index in [1.165, 1.54) is 0 Å². The number of nitrogens with zero attached hydrogens (tertiary/aromatic N) is 3. The molecule has 0 atom stereocenters. The van der Waals surface area contributed by atoms with Crippen LogP contribution in [0.3, 0.4) is 0 Å². The van der Waals surface area contributed by atoms with Gasteiger partial charge in [0.1, 0.15) is 5.75 Å². The maximum Gasteiger partial charge on any atom is 0.255 e. The van der Waals surface area contributed by atoms with Crippen LogP contribution in [0.15, 0.2) is 29.1 Å². The topological polar surface area (TPSA) is 78.5 Å². The largest absolute Gasteiger partial charge is 0.497 e. The van der Waals surface area contributed by atoms with E-state index in [4.69, 9.17) is 4.74 Å². The Morgan fingerprint density at radius 2 is 1.76 bits per heavy atom. The Balaban J connectivity index is 1.67. The number of hydrogen-bond donors (Lipinski definition) is 1. The number of benzene rings is 1. The van der Waals surface area contributed by atoms with Crippen LogP contribution in [0.4, 0.5) is 5.95 Å². The highest BCUT2D eigenvalue weighted by Crippen LogP contribution is 2.16. The molecule has 1 aliphatic heterocycles. The summed E-state index contributed by atoms with van der Waals surface area (Å²) in [5.41, 5.74) is 1.90. The standard InChI is InChI=1S/C18H22N4O3/c1-12-13(2)19-18(20-16(12)23)22-10-8-21(9-11-22)17(24)14-4-6-15(25-3)7-5-14/h4-7H,8-11H2,1-3H3,(H,19,20,23). The number of anilines is 1. The van der Waals surface area contributed by atoms with Crippen LogP contribution < -0.4 is 15.2 Å². The first-order chi connectivity index (χ1) is 12.0. The molecule has 1 amide bonds. The summed E-state index contributed by atoms with van der Waals surface area (Å²) in [7, 11) is 1.60. The molecule has 0 spiro atoms. The van der Waals surface area contributed by atoms with Gasteiger partial charge in [0.25, 0.3) is 11.5 Å². The molecule has 1 N–H and O–H groups in total. The van der Waals surface area contributed by atoms with Gasteiger partial charge in [-0.15, -0.1) is 0 Å². The molecule has 0 aliphatic carbocycles. The van der Waals surface area contributed by atoms with E-state index in [-0.39, 0.29) is 11.5 Å². The Bertz CT molecular complexity index is 821. The third-order valence-corrected chi connectivity index (χ3v) is 4.59. The molecular formula is C18H22N4O3. The molecule has 3 rings (SSSR count). The van der Waals surface area contributed by atoms with Gasteiger partial charge in [-0.05, 0) is 38.1 Å². The van der Waals surface area contributed by atoms with Crippen LogP contribution >= 0.6 is 0 Å². The highest BCUT2D eigenvalue weighted by molar-refractivity contribution is 5.94. The Hall–Kier alpha value is -2.83. The van der Waals surface area contributed by atoms with Crippen molar-refractivity contribution in [2.45, 2.75) is 13.8 Å². The van der Waals surface area contributed by atoms with Gasteiger partial charge in [0.05, 0.1) is 7.11 Å². The van der Waals surface area contributed by atoms with Gasteiger partial charge in [-0.2, -0.15) is 0 Å². The fraction of sp³-hybridized carbons (Fsp3) is 0.389. The van der Waals surface area contributed by atoms with Crippen molar-refractivity contribution in [3.05, 3.63) is 51.4 Å². The lowest BCUT2D eigenvalue weighted by Crippen LogP contribution is -2.49. The van der Waals surface area contributed by atoms with Gasteiger partial charge in [-0.25, -0.2) is 4.98 Å². The zero-order valence-electron chi connectivity index (χ0n) is 14.7. The number of aryl methyl sites for hydroxylation is 1. The molecule has 2 aromatic rings. The molecule has 7 heteroatoms. The van der Waals surface area contributed by atoms with E-state index in [0.29, 0.717) is 43.3 Å². The van der Waals surface area contributed by atoms with Gasteiger partial charge < -0.3 is 14.5 Å².